The van der Waals surface area contributed by atoms with Crippen LogP contribution in [0.3, 0.4) is 0 Å². The number of aliphatic carboxylic acids is 1. The third kappa shape index (κ3) is 4.52. The molecule has 1 aromatic rings. The zero-order valence-corrected chi connectivity index (χ0v) is 9.09. The summed E-state index contributed by atoms with van der Waals surface area (Å²) in [5, 5.41) is 20.1. The van der Waals surface area contributed by atoms with Crippen molar-refractivity contribution in [3.05, 3.63) is 29.8 Å². The highest BCUT2D eigenvalue weighted by Gasteiger charge is 2.15. The highest BCUT2D eigenvalue weighted by Crippen LogP contribution is 2.09. The molecule has 0 radical (unpaired) electrons. The molecule has 92 valence electrons. The topological polar surface area (TPSA) is 113 Å². The van der Waals surface area contributed by atoms with Gasteiger partial charge in [0.2, 0.25) is 5.91 Å². The summed E-state index contributed by atoms with van der Waals surface area (Å²) in [5.41, 5.74) is 6.02. The SMILES string of the molecule is N[C@@H](CC(=O)NCc1ccc(O)cc1)C(=O)O. The Morgan fingerprint density at radius 1 is 1.29 bits per heavy atom. The maximum Gasteiger partial charge on any atom is 0.321 e. The fraction of sp³-hybridized carbons (Fsp3) is 0.273. The summed E-state index contributed by atoms with van der Waals surface area (Å²) in [4.78, 5) is 21.7. The highest BCUT2D eigenvalue weighted by atomic mass is 16.4. The van der Waals surface area contributed by atoms with Crippen LogP contribution in [-0.4, -0.2) is 28.1 Å². The average molecular weight is 238 g/mol. The Labute approximate surface area is 98.1 Å². The van der Waals surface area contributed by atoms with E-state index in [9.17, 15) is 9.59 Å². The number of rotatable bonds is 5. The van der Waals surface area contributed by atoms with Gasteiger partial charge in [0.1, 0.15) is 11.8 Å². The standard InChI is InChI=1S/C11H14N2O4/c12-9(11(16)17)5-10(15)13-6-7-1-3-8(14)4-2-7/h1-4,9,14H,5-6,12H2,(H,13,15)(H,16,17)/t9-/m0/s1. The number of hydrogen-bond acceptors (Lipinski definition) is 4. The Morgan fingerprint density at radius 2 is 1.88 bits per heavy atom. The van der Waals surface area contributed by atoms with Gasteiger partial charge in [0, 0.05) is 6.54 Å². The van der Waals surface area contributed by atoms with Crippen LogP contribution in [0.15, 0.2) is 24.3 Å². The number of nitrogens with one attached hydrogen (secondary N) is 1. The number of hydrogen-bond donors (Lipinski definition) is 4. The molecule has 0 saturated carbocycles. The molecule has 1 aromatic carbocycles. The first-order valence-electron chi connectivity index (χ1n) is 5.02. The maximum absolute atomic E-state index is 11.3. The van der Waals surface area contributed by atoms with Gasteiger partial charge in [-0.1, -0.05) is 12.1 Å². The second kappa shape index (κ2) is 5.86. The van der Waals surface area contributed by atoms with Gasteiger partial charge >= 0.3 is 5.97 Å². The summed E-state index contributed by atoms with van der Waals surface area (Å²) in [6, 6.07) is 5.14. The molecule has 0 heterocycles. The lowest BCUT2D eigenvalue weighted by Gasteiger charge is -2.07. The van der Waals surface area contributed by atoms with Crippen molar-refractivity contribution >= 4 is 11.9 Å². The number of amides is 1. The number of aromatic hydroxyl groups is 1. The van der Waals surface area contributed by atoms with Gasteiger partial charge in [0.15, 0.2) is 0 Å². The monoisotopic (exact) mass is 238 g/mol. The van der Waals surface area contributed by atoms with Gasteiger partial charge < -0.3 is 21.3 Å². The molecule has 17 heavy (non-hydrogen) atoms. The molecule has 0 bridgehead atoms. The van der Waals surface area contributed by atoms with Gasteiger partial charge in [-0.3, -0.25) is 9.59 Å². The lowest BCUT2D eigenvalue weighted by atomic mass is 10.2. The molecule has 1 amide bonds. The van der Waals surface area contributed by atoms with Crippen LogP contribution in [0.5, 0.6) is 5.75 Å². The van der Waals surface area contributed by atoms with Crippen molar-refractivity contribution in [2.24, 2.45) is 5.73 Å². The van der Waals surface area contributed by atoms with Crippen molar-refractivity contribution in [2.45, 2.75) is 19.0 Å². The quantitative estimate of drug-likeness (QED) is 0.568. The first-order chi connectivity index (χ1) is 7.99. The molecular weight excluding hydrogens is 224 g/mol. The van der Waals surface area contributed by atoms with E-state index >= 15 is 0 Å². The second-order valence-electron chi connectivity index (χ2n) is 3.59. The molecule has 6 heteroatoms. The molecular formula is C11H14N2O4. The number of phenols is 1. The van der Waals surface area contributed by atoms with Crippen molar-refractivity contribution in [1.29, 1.82) is 0 Å². The summed E-state index contributed by atoms with van der Waals surface area (Å²) in [7, 11) is 0. The fourth-order valence-corrected chi connectivity index (χ4v) is 1.17. The van der Waals surface area contributed by atoms with Crippen LogP contribution in [0.1, 0.15) is 12.0 Å². The van der Waals surface area contributed by atoms with Gasteiger partial charge in [0.25, 0.3) is 0 Å². The average Bonchev–Trinajstić information content (AvgIpc) is 2.28. The van der Waals surface area contributed by atoms with E-state index in [1.165, 1.54) is 12.1 Å². The Bertz CT molecular complexity index is 402. The summed E-state index contributed by atoms with van der Waals surface area (Å²) >= 11 is 0. The molecule has 0 aliphatic heterocycles. The van der Waals surface area contributed by atoms with Crippen molar-refractivity contribution in [2.75, 3.05) is 0 Å². The Balaban J connectivity index is 2.38. The molecule has 0 fully saturated rings. The number of nitrogens with two attached hydrogens (primary N) is 1. The number of benzene rings is 1. The van der Waals surface area contributed by atoms with E-state index in [-0.39, 0.29) is 18.7 Å². The van der Waals surface area contributed by atoms with E-state index in [1.54, 1.807) is 12.1 Å². The number of carboxylic acids is 1. The Hall–Kier alpha value is -2.08. The lowest BCUT2D eigenvalue weighted by Crippen LogP contribution is -2.36. The minimum atomic E-state index is -1.20. The maximum atomic E-state index is 11.3. The summed E-state index contributed by atoms with van der Waals surface area (Å²) in [5.74, 6) is -1.48. The smallest absolute Gasteiger partial charge is 0.321 e. The van der Waals surface area contributed by atoms with E-state index in [2.05, 4.69) is 5.32 Å². The largest absolute Gasteiger partial charge is 0.508 e. The third-order valence-corrected chi connectivity index (χ3v) is 2.15. The molecule has 0 spiro atoms. The number of carbonyl (C=O) groups is 2. The van der Waals surface area contributed by atoms with E-state index in [0.717, 1.165) is 5.56 Å². The van der Waals surface area contributed by atoms with Gasteiger partial charge in [-0.15, -0.1) is 0 Å². The number of phenolic OH excluding ortho intramolecular Hbond substituents is 1. The summed E-state index contributed by atoms with van der Waals surface area (Å²) in [6.45, 7) is 0.269. The van der Waals surface area contributed by atoms with Crippen LogP contribution in [-0.2, 0) is 16.1 Å². The zero-order chi connectivity index (χ0) is 12.8. The number of carbonyl (C=O) groups excluding carboxylic acids is 1. The van der Waals surface area contributed by atoms with Crippen molar-refractivity contribution in [3.8, 4) is 5.75 Å². The summed E-state index contributed by atoms with van der Waals surface area (Å²) < 4.78 is 0. The fourth-order valence-electron chi connectivity index (χ4n) is 1.17. The second-order valence-corrected chi connectivity index (χ2v) is 3.59. The Kier molecular flexibility index (Phi) is 4.47. The van der Waals surface area contributed by atoms with Gasteiger partial charge in [-0.05, 0) is 17.7 Å². The zero-order valence-electron chi connectivity index (χ0n) is 9.09. The molecule has 6 nitrogen and oxygen atoms in total. The van der Waals surface area contributed by atoms with E-state index < -0.39 is 17.9 Å². The Morgan fingerprint density at radius 3 is 2.41 bits per heavy atom. The van der Waals surface area contributed by atoms with Crippen LogP contribution < -0.4 is 11.1 Å². The molecule has 0 unspecified atom stereocenters. The molecule has 0 saturated heterocycles. The van der Waals surface area contributed by atoms with Crippen LogP contribution in [0.2, 0.25) is 0 Å². The van der Waals surface area contributed by atoms with Crippen molar-refractivity contribution < 1.29 is 19.8 Å². The van der Waals surface area contributed by atoms with E-state index in [0.29, 0.717) is 0 Å². The summed E-state index contributed by atoms with van der Waals surface area (Å²) in [6.07, 6.45) is -0.257. The number of carboxylic acid groups (broad SMARTS) is 1. The van der Waals surface area contributed by atoms with Gasteiger partial charge in [-0.2, -0.15) is 0 Å². The molecule has 0 aliphatic carbocycles. The van der Waals surface area contributed by atoms with Crippen LogP contribution in [0, 0.1) is 0 Å². The van der Waals surface area contributed by atoms with Crippen LogP contribution in [0.25, 0.3) is 0 Å². The van der Waals surface area contributed by atoms with E-state index in [1.807, 2.05) is 0 Å². The predicted molar refractivity (Wildman–Crippen MR) is 60.2 cm³/mol. The van der Waals surface area contributed by atoms with Crippen LogP contribution in [0.4, 0.5) is 0 Å². The van der Waals surface area contributed by atoms with Crippen molar-refractivity contribution in [3.63, 3.8) is 0 Å². The van der Waals surface area contributed by atoms with Gasteiger partial charge in [-0.25, -0.2) is 0 Å². The predicted octanol–water partition coefficient (Wildman–Crippen LogP) is -0.190. The van der Waals surface area contributed by atoms with Crippen LogP contribution >= 0.6 is 0 Å². The molecule has 1 rings (SSSR count). The molecule has 0 aromatic heterocycles. The third-order valence-electron chi connectivity index (χ3n) is 2.15. The molecule has 5 N–H and O–H groups in total. The minimum Gasteiger partial charge on any atom is -0.508 e. The molecule has 1 atom stereocenters. The lowest BCUT2D eigenvalue weighted by molar-refractivity contribution is -0.140. The minimum absolute atomic E-state index is 0.146. The molecule has 0 aliphatic rings. The highest BCUT2D eigenvalue weighted by molar-refractivity contribution is 5.84. The first kappa shape index (κ1) is 13.0. The normalized spacial score (nSPS) is 11.8. The van der Waals surface area contributed by atoms with E-state index in [4.69, 9.17) is 15.9 Å². The van der Waals surface area contributed by atoms with Gasteiger partial charge in [0.05, 0.1) is 6.42 Å². The first-order valence-corrected chi connectivity index (χ1v) is 5.02. The van der Waals surface area contributed by atoms with Crippen molar-refractivity contribution in [1.82, 2.24) is 5.32 Å².